The van der Waals surface area contributed by atoms with Gasteiger partial charge < -0.3 is 51.3 Å². The Morgan fingerprint density at radius 3 is 1.36 bits per heavy atom. The minimum atomic E-state index is 0. The molecule has 0 atom stereocenters. The second-order valence-electron chi connectivity index (χ2n) is 1.44. The second-order valence-corrected chi connectivity index (χ2v) is 2.47. The molecule has 0 radical (unpaired) electrons. The summed E-state index contributed by atoms with van der Waals surface area (Å²) in [7, 11) is 1.00. The third-order valence-electron chi connectivity index (χ3n) is 1.02. The molecule has 0 aliphatic heterocycles. The normalized spacial score (nSPS) is 5.43. The van der Waals surface area contributed by atoms with E-state index in [-0.39, 0.29) is 46.0 Å². The van der Waals surface area contributed by atoms with Crippen LogP contribution in [0.4, 0.5) is 0 Å². The quantitative estimate of drug-likeness (QED) is 0.304. The van der Waals surface area contributed by atoms with Gasteiger partial charge >= 0.3 is 29.6 Å². The van der Waals surface area contributed by atoms with Crippen molar-refractivity contribution in [1.82, 2.24) is 4.90 Å². The van der Waals surface area contributed by atoms with Crippen molar-refractivity contribution in [3.05, 3.63) is 0 Å². The minimum Gasteiger partial charge on any atom is -0.412 e. The molecule has 0 aliphatic rings. The van der Waals surface area contributed by atoms with Crippen molar-refractivity contribution in [1.29, 1.82) is 0 Å². The third-order valence-corrected chi connectivity index (χ3v) is 1.54. The van der Waals surface area contributed by atoms with Crippen molar-refractivity contribution in [2.45, 2.75) is 13.8 Å². The summed E-state index contributed by atoms with van der Waals surface area (Å²) in [6.07, 6.45) is 0. The number of aliphatic hydroxyl groups is 1. The molecule has 0 bridgehead atoms. The van der Waals surface area contributed by atoms with Crippen molar-refractivity contribution in [2.75, 3.05) is 20.2 Å². The smallest absolute Gasteiger partial charge is 0.412 e. The maximum absolute atomic E-state index is 7.00. The van der Waals surface area contributed by atoms with Crippen LogP contribution in [0.25, 0.3) is 0 Å². The van der Waals surface area contributed by atoms with Crippen molar-refractivity contribution in [2.24, 2.45) is 0 Å². The first kappa shape index (κ1) is 36.3. The van der Waals surface area contributed by atoms with E-state index in [0.717, 1.165) is 20.2 Å². The van der Waals surface area contributed by atoms with Gasteiger partial charge in [0.25, 0.3) is 0 Å². The molecule has 8 heteroatoms. The molecule has 0 aromatic rings. The Morgan fingerprint density at radius 2 is 1.36 bits per heavy atom. The number of rotatable bonds is 2. The van der Waals surface area contributed by atoms with Crippen LogP contribution in [0.5, 0.6) is 0 Å². The van der Waals surface area contributed by atoms with Crippen LogP contribution in [-0.2, 0) is 12.6 Å². The summed E-state index contributed by atoms with van der Waals surface area (Å²) >= 11 is 9.51. The van der Waals surface area contributed by atoms with Gasteiger partial charge in [0.15, 0.2) is 0 Å². The van der Waals surface area contributed by atoms with Gasteiger partial charge in [0.2, 0.25) is 0 Å². The van der Waals surface area contributed by atoms with Crippen LogP contribution < -0.4 is 29.6 Å². The average Bonchev–Trinajstić information content (AvgIpc) is 1.94. The van der Waals surface area contributed by atoms with Gasteiger partial charge in [0, 0.05) is 20.2 Å². The van der Waals surface area contributed by atoms with Crippen LogP contribution in [-0.4, -0.2) is 51.0 Å². The zero-order chi connectivity index (χ0) is 8.57. The fraction of sp³-hybridized carbons (Fsp3) is 0.833. The number of nitrogens with zero attached hydrogens (tertiary/aromatic N) is 1. The van der Waals surface area contributed by atoms with Crippen LogP contribution in [0.2, 0.25) is 0 Å². The molecule has 14 heavy (non-hydrogen) atoms. The summed E-state index contributed by atoms with van der Waals surface area (Å²) in [6, 6.07) is 0. The van der Waals surface area contributed by atoms with Crippen molar-refractivity contribution < 1.29 is 51.1 Å². The van der Waals surface area contributed by atoms with E-state index in [0.29, 0.717) is 4.32 Å². The summed E-state index contributed by atoms with van der Waals surface area (Å²) in [6.45, 7) is 5.95. The largest absolute Gasteiger partial charge is 1.00 e. The summed E-state index contributed by atoms with van der Waals surface area (Å²) < 4.78 is 0.579. The Labute approximate surface area is 118 Å². The Hall–Kier alpha value is 0.950. The second kappa shape index (κ2) is 29.2. The summed E-state index contributed by atoms with van der Waals surface area (Å²) in [5.74, 6) is 0. The monoisotopic (exact) mass is 257 g/mol. The van der Waals surface area contributed by atoms with Gasteiger partial charge in [-0.15, -0.1) is 0 Å². The Bertz CT molecular complexity index is 95.9. The molecule has 0 rings (SSSR count). The first-order valence-corrected chi connectivity index (χ1v) is 3.94. The topological polar surface area (TPSA) is 118 Å². The van der Waals surface area contributed by atoms with E-state index < -0.39 is 0 Å². The minimum absolute atomic E-state index is 0. The molecule has 0 unspecified atom stereocenters. The van der Waals surface area contributed by atoms with Gasteiger partial charge in [-0.25, -0.2) is 0 Å². The maximum atomic E-state index is 7.00. The number of thiocarbonyl (C=S) groups is 1. The fourth-order valence-electron chi connectivity index (χ4n) is 0.482. The molecule has 7 N–H and O–H groups in total. The maximum Gasteiger partial charge on any atom is 1.00 e. The number of aliphatic hydroxyl groups excluding tert-OH is 1. The predicted molar refractivity (Wildman–Crippen MR) is 61.9 cm³/mol. The Balaban J connectivity index is -0.0000000250. The Morgan fingerprint density at radius 1 is 1.14 bits per heavy atom. The van der Waals surface area contributed by atoms with Crippen molar-refractivity contribution in [3.8, 4) is 0 Å². The molecule has 86 valence electrons. The van der Waals surface area contributed by atoms with E-state index >= 15 is 0 Å². The van der Waals surface area contributed by atoms with Gasteiger partial charge in [-0.05, 0) is 13.8 Å². The van der Waals surface area contributed by atoms with E-state index in [1.165, 1.54) is 0 Å². The molecule has 5 nitrogen and oxygen atoms in total. The van der Waals surface area contributed by atoms with E-state index in [9.17, 15) is 0 Å². The first-order chi connectivity index (χ1) is 4.72. The zero-order valence-electron chi connectivity index (χ0n) is 9.13. The van der Waals surface area contributed by atoms with Crippen LogP contribution in [0.1, 0.15) is 13.8 Å². The fourth-order valence-corrected chi connectivity index (χ4v) is 0.998. The molecule has 0 heterocycles. The molecule has 0 amide bonds. The van der Waals surface area contributed by atoms with Crippen molar-refractivity contribution >= 4 is 29.2 Å². The first-order valence-electron chi connectivity index (χ1n) is 3.13. The molecule has 0 aliphatic carbocycles. The van der Waals surface area contributed by atoms with Gasteiger partial charge in [-0.1, -0.05) is 4.32 Å². The summed E-state index contributed by atoms with van der Waals surface area (Å²) in [4.78, 5) is 1.96. The predicted octanol–water partition coefficient (Wildman–Crippen LogP) is -4.70. The Kier molecular flexibility index (Phi) is 75.8. The SMILES string of the molecule is CCN(CC)C(=S)[S-].CO.O.O.O.[Na+]. The van der Waals surface area contributed by atoms with E-state index in [4.69, 9.17) is 30.0 Å². The molecule has 0 aromatic heterocycles. The summed E-state index contributed by atoms with van der Waals surface area (Å²) in [5, 5.41) is 7.00. The van der Waals surface area contributed by atoms with E-state index in [2.05, 4.69) is 0 Å². The number of hydrogen-bond acceptors (Lipinski definition) is 3. The summed E-state index contributed by atoms with van der Waals surface area (Å²) in [5.41, 5.74) is 0. The van der Waals surface area contributed by atoms with Crippen LogP contribution in [0.3, 0.4) is 0 Å². The molecular weight excluding hydrogens is 237 g/mol. The molecule has 0 aromatic carbocycles. The van der Waals surface area contributed by atoms with Crippen molar-refractivity contribution in [3.63, 3.8) is 0 Å². The van der Waals surface area contributed by atoms with Crippen LogP contribution in [0.15, 0.2) is 0 Å². The molecular formula is C6H20NNaO4S2. The average molecular weight is 257 g/mol. The van der Waals surface area contributed by atoms with Gasteiger partial charge in [0.05, 0.1) is 0 Å². The molecule has 0 saturated heterocycles. The molecule has 0 saturated carbocycles. The van der Waals surface area contributed by atoms with E-state index in [1.807, 2.05) is 18.7 Å². The zero-order valence-corrected chi connectivity index (χ0v) is 12.8. The van der Waals surface area contributed by atoms with Gasteiger partial charge in [0.1, 0.15) is 0 Å². The van der Waals surface area contributed by atoms with Crippen LogP contribution >= 0.6 is 12.2 Å². The van der Waals surface area contributed by atoms with Crippen LogP contribution in [0, 0.1) is 0 Å². The number of hydrogen-bond donors (Lipinski definition) is 1. The van der Waals surface area contributed by atoms with Gasteiger partial charge in [-0.3, -0.25) is 0 Å². The molecule has 0 fully saturated rings. The third kappa shape index (κ3) is 23.1. The van der Waals surface area contributed by atoms with E-state index in [1.54, 1.807) is 0 Å². The van der Waals surface area contributed by atoms with Gasteiger partial charge in [-0.2, -0.15) is 0 Å². The standard InChI is InChI=1S/C5H11NS2.CH4O.Na.3H2O/c1-3-6(4-2)5(7)8;1-2;;;;/h3-4H2,1-2H3,(H,7,8);2H,1H3;;3*1H2/q;;+1;;;/p-1. The molecule has 0 spiro atoms.